The molecular formula is C19H22N2O3. The van der Waals surface area contributed by atoms with Crippen LogP contribution in [0.5, 0.6) is 5.75 Å². The predicted molar refractivity (Wildman–Crippen MR) is 94.0 cm³/mol. The van der Waals surface area contributed by atoms with Crippen molar-refractivity contribution in [3.05, 3.63) is 57.5 Å². The fourth-order valence-electron chi connectivity index (χ4n) is 3.19. The standard InChI is InChI=1S/C19H22N2O3/c1-11(2)15-9-13(10-17(23)20-15)19(24)21-8-7-12(3)14-5-4-6-16(22)18(14)21/h4-6,9-12,22H,7-8H2,1-3H3,(H,20,23). The van der Waals surface area contributed by atoms with Gasteiger partial charge in [0.05, 0.1) is 5.69 Å². The first-order valence-corrected chi connectivity index (χ1v) is 8.26. The van der Waals surface area contributed by atoms with E-state index in [0.717, 1.165) is 17.7 Å². The van der Waals surface area contributed by atoms with E-state index in [2.05, 4.69) is 11.9 Å². The summed E-state index contributed by atoms with van der Waals surface area (Å²) in [6.45, 7) is 6.53. The summed E-state index contributed by atoms with van der Waals surface area (Å²) < 4.78 is 0. The third kappa shape index (κ3) is 2.82. The molecule has 0 radical (unpaired) electrons. The number of para-hydroxylation sites is 1. The molecule has 2 heterocycles. The number of anilines is 1. The van der Waals surface area contributed by atoms with Gasteiger partial charge in [0.25, 0.3) is 5.91 Å². The van der Waals surface area contributed by atoms with Gasteiger partial charge in [-0.1, -0.05) is 32.9 Å². The number of fused-ring (bicyclic) bond motifs is 1. The quantitative estimate of drug-likeness (QED) is 0.889. The minimum absolute atomic E-state index is 0.0984. The minimum Gasteiger partial charge on any atom is -0.506 e. The van der Waals surface area contributed by atoms with Gasteiger partial charge in [0.2, 0.25) is 5.56 Å². The van der Waals surface area contributed by atoms with E-state index in [0.29, 0.717) is 17.8 Å². The van der Waals surface area contributed by atoms with Crippen molar-refractivity contribution in [2.75, 3.05) is 11.4 Å². The number of nitrogens with one attached hydrogen (secondary N) is 1. The Kier molecular flexibility index (Phi) is 4.18. The molecule has 2 aromatic rings. The van der Waals surface area contributed by atoms with Crippen molar-refractivity contribution in [3.8, 4) is 5.75 Å². The second kappa shape index (κ2) is 6.15. The molecule has 1 atom stereocenters. The summed E-state index contributed by atoms with van der Waals surface area (Å²) in [4.78, 5) is 29.3. The van der Waals surface area contributed by atoms with E-state index >= 15 is 0 Å². The van der Waals surface area contributed by atoms with Crippen LogP contribution >= 0.6 is 0 Å². The van der Waals surface area contributed by atoms with Crippen LogP contribution in [0.25, 0.3) is 0 Å². The van der Waals surface area contributed by atoms with E-state index in [1.165, 1.54) is 6.07 Å². The first-order valence-electron chi connectivity index (χ1n) is 8.26. The summed E-state index contributed by atoms with van der Waals surface area (Å²) in [5, 5.41) is 10.3. The fourth-order valence-corrected chi connectivity index (χ4v) is 3.19. The van der Waals surface area contributed by atoms with Crippen molar-refractivity contribution in [3.63, 3.8) is 0 Å². The molecule has 0 bridgehead atoms. The van der Waals surface area contributed by atoms with E-state index in [1.807, 2.05) is 19.9 Å². The number of amides is 1. The van der Waals surface area contributed by atoms with Crippen molar-refractivity contribution in [1.29, 1.82) is 0 Å². The molecule has 0 aliphatic carbocycles. The molecule has 1 aliphatic heterocycles. The molecule has 5 heteroatoms. The maximum absolute atomic E-state index is 13.0. The van der Waals surface area contributed by atoms with Gasteiger partial charge in [0.1, 0.15) is 5.75 Å². The molecule has 1 aromatic heterocycles. The Labute approximate surface area is 140 Å². The maximum Gasteiger partial charge on any atom is 0.258 e. The molecule has 5 nitrogen and oxygen atoms in total. The lowest BCUT2D eigenvalue weighted by molar-refractivity contribution is 0.0983. The molecule has 3 rings (SSSR count). The number of benzene rings is 1. The highest BCUT2D eigenvalue weighted by Gasteiger charge is 2.30. The number of aromatic hydroxyl groups is 1. The van der Waals surface area contributed by atoms with Crippen LogP contribution in [0.1, 0.15) is 60.6 Å². The molecule has 2 N–H and O–H groups in total. The maximum atomic E-state index is 13.0. The van der Waals surface area contributed by atoms with Crippen LogP contribution in [-0.4, -0.2) is 22.5 Å². The Morgan fingerprint density at radius 3 is 2.79 bits per heavy atom. The molecule has 1 aliphatic rings. The number of carbonyl (C=O) groups excluding carboxylic acids is 1. The van der Waals surface area contributed by atoms with E-state index in [1.54, 1.807) is 23.1 Å². The number of phenols is 1. The highest BCUT2D eigenvalue weighted by atomic mass is 16.3. The van der Waals surface area contributed by atoms with Gasteiger partial charge in [0.15, 0.2) is 0 Å². The molecule has 0 fully saturated rings. The molecule has 1 amide bonds. The zero-order valence-corrected chi connectivity index (χ0v) is 14.2. The number of rotatable bonds is 2. The van der Waals surface area contributed by atoms with Crippen molar-refractivity contribution >= 4 is 11.6 Å². The molecule has 1 aromatic carbocycles. The molecular weight excluding hydrogens is 304 g/mol. The summed E-state index contributed by atoms with van der Waals surface area (Å²) in [6.07, 6.45) is 0.822. The minimum atomic E-state index is -0.285. The number of phenolic OH excluding ortho intramolecular Hbond substituents is 1. The summed E-state index contributed by atoms with van der Waals surface area (Å²) >= 11 is 0. The summed E-state index contributed by atoms with van der Waals surface area (Å²) in [5.74, 6) is 0.244. The fraction of sp³-hybridized carbons (Fsp3) is 0.368. The second-order valence-corrected chi connectivity index (χ2v) is 6.70. The van der Waals surface area contributed by atoms with Gasteiger partial charge < -0.3 is 15.0 Å². The lowest BCUT2D eigenvalue weighted by Crippen LogP contribution is -2.37. The van der Waals surface area contributed by atoms with Crippen molar-refractivity contribution in [1.82, 2.24) is 4.98 Å². The highest BCUT2D eigenvalue weighted by molar-refractivity contribution is 6.07. The molecule has 126 valence electrons. The van der Waals surface area contributed by atoms with Crippen LogP contribution in [-0.2, 0) is 0 Å². The number of nitrogens with zero attached hydrogens (tertiary/aromatic N) is 1. The van der Waals surface area contributed by atoms with Crippen molar-refractivity contribution < 1.29 is 9.90 Å². The number of H-pyrrole nitrogens is 1. The molecule has 0 spiro atoms. The average Bonchev–Trinajstić information content (AvgIpc) is 2.54. The van der Waals surface area contributed by atoms with Crippen molar-refractivity contribution in [2.24, 2.45) is 0 Å². The first-order chi connectivity index (χ1) is 11.4. The lowest BCUT2D eigenvalue weighted by atomic mass is 9.90. The number of hydrogen-bond donors (Lipinski definition) is 2. The SMILES string of the molecule is CC(C)c1cc(C(=O)N2CCC(C)c3cccc(O)c32)cc(=O)[nH]1. The number of aromatic nitrogens is 1. The third-order valence-corrected chi connectivity index (χ3v) is 4.61. The van der Waals surface area contributed by atoms with Gasteiger partial charge in [-0.15, -0.1) is 0 Å². The first kappa shape index (κ1) is 16.3. The van der Waals surface area contributed by atoms with Gasteiger partial charge >= 0.3 is 0 Å². The number of aromatic amines is 1. The topological polar surface area (TPSA) is 73.4 Å². The number of pyridine rings is 1. The molecule has 0 saturated heterocycles. The average molecular weight is 326 g/mol. The van der Waals surface area contributed by atoms with Crippen LogP contribution in [0.15, 0.2) is 35.1 Å². The molecule has 24 heavy (non-hydrogen) atoms. The Bertz CT molecular complexity index is 839. The zero-order chi connectivity index (χ0) is 17.4. The van der Waals surface area contributed by atoms with Crippen LogP contribution in [0, 0.1) is 0 Å². The van der Waals surface area contributed by atoms with E-state index in [4.69, 9.17) is 0 Å². The van der Waals surface area contributed by atoms with Crippen LogP contribution in [0.2, 0.25) is 0 Å². The molecule has 1 unspecified atom stereocenters. The monoisotopic (exact) mass is 326 g/mol. The largest absolute Gasteiger partial charge is 0.506 e. The third-order valence-electron chi connectivity index (χ3n) is 4.61. The van der Waals surface area contributed by atoms with Crippen LogP contribution < -0.4 is 10.5 Å². The summed E-state index contributed by atoms with van der Waals surface area (Å²) in [7, 11) is 0. The highest BCUT2D eigenvalue weighted by Crippen LogP contribution is 2.41. The van der Waals surface area contributed by atoms with E-state index < -0.39 is 0 Å². The van der Waals surface area contributed by atoms with E-state index in [9.17, 15) is 14.7 Å². The molecule has 0 saturated carbocycles. The Morgan fingerprint density at radius 2 is 2.08 bits per heavy atom. The Balaban J connectivity index is 2.07. The van der Waals surface area contributed by atoms with Crippen LogP contribution in [0.4, 0.5) is 5.69 Å². The summed E-state index contributed by atoms with van der Waals surface area (Å²) in [5.41, 5.74) is 2.32. The summed E-state index contributed by atoms with van der Waals surface area (Å²) in [6, 6.07) is 8.38. The van der Waals surface area contributed by atoms with Crippen molar-refractivity contribution in [2.45, 2.75) is 39.0 Å². The van der Waals surface area contributed by atoms with Gasteiger partial charge in [0, 0.05) is 23.9 Å². The second-order valence-electron chi connectivity index (χ2n) is 6.70. The number of hydrogen-bond acceptors (Lipinski definition) is 3. The lowest BCUT2D eigenvalue weighted by Gasteiger charge is -2.33. The van der Waals surface area contributed by atoms with Gasteiger partial charge in [-0.25, -0.2) is 0 Å². The Hall–Kier alpha value is -2.56. The smallest absolute Gasteiger partial charge is 0.258 e. The zero-order valence-electron chi connectivity index (χ0n) is 14.2. The van der Waals surface area contributed by atoms with Gasteiger partial charge in [-0.3, -0.25) is 9.59 Å². The normalized spacial score (nSPS) is 17.0. The van der Waals surface area contributed by atoms with Gasteiger partial charge in [-0.2, -0.15) is 0 Å². The number of carbonyl (C=O) groups is 1. The van der Waals surface area contributed by atoms with Gasteiger partial charge in [-0.05, 0) is 36.0 Å². The van der Waals surface area contributed by atoms with Crippen LogP contribution in [0.3, 0.4) is 0 Å². The van der Waals surface area contributed by atoms with E-state index in [-0.39, 0.29) is 29.1 Å². The predicted octanol–water partition coefficient (Wildman–Crippen LogP) is 3.36. The Morgan fingerprint density at radius 1 is 1.33 bits per heavy atom.